The second-order valence-corrected chi connectivity index (χ2v) is 5.01. The predicted molar refractivity (Wildman–Crippen MR) is 73.0 cm³/mol. The molecule has 0 radical (unpaired) electrons. The Morgan fingerprint density at radius 2 is 2.16 bits per heavy atom. The van der Waals surface area contributed by atoms with Gasteiger partial charge in [-0.3, -0.25) is 4.79 Å². The standard InChI is InChI=1S/C15H18N2O2/c18-15-13-8-4-9-14(13)16-17(15)10-5-11-19-12-6-2-1-3-7-12/h1-3,6-7,13H,4-5,8-11H2. The van der Waals surface area contributed by atoms with Gasteiger partial charge in [-0.25, -0.2) is 5.01 Å². The third-order valence-electron chi connectivity index (χ3n) is 3.66. The minimum absolute atomic E-state index is 0.0926. The first-order chi connectivity index (χ1) is 9.34. The van der Waals surface area contributed by atoms with Gasteiger partial charge in [-0.1, -0.05) is 18.2 Å². The quantitative estimate of drug-likeness (QED) is 0.761. The first kappa shape index (κ1) is 12.2. The molecule has 1 aromatic rings. The van der Waals surface area contributed by atoms with E-state index < -0.39 is 0 Å². The Hall–Kier alpha value is -1.84. The summed E-state index contributed by atoms with van der Waals surface area (Å²) in [7, 11) is 0. The smallest absolute Gasteiger partial charge is 0.251 e. The van der Waals surface area contributed by atoms with E-state index in [1.165, 1.54) is 0 Å². The number of fused-ring (bicyclic) bond motifs is 1. The molecular formula is C15H18N2O2. The maximum atomic E-state index is 12.0. The topological polar surface area (TPSA) is 41.9 Å². The van der Waals surface area contributed by atoms with Gasteiger partial charge in [-0.15, -0.1) is 0 Å². The van der Waals surface area contributed by atoms with Crippen LogP contribution < -0.4 is 4.74 Å². The summed E-state index contributed by atoms with van der Waals surface area (Å²) in [6.07, 6.45) is 3.90. The van der Waals surface area contributed by atoms with Gasteiger partial charge in [0.15, 0.2) is 0 Å². The number of carbonyl (C=O) groups is 1. The highest BCUT2D eigenvalue weighted by Crippen LogP contribution is 2.30. The van der Waals surface area contributed by atoms with Crippen LogP contribution in [0.15, 0.2) is 35.4 Å². The van der Waals surface area contributed by atoms with E-state index in [-0.39, 0.29) is 11.8 Å². The minimum atomic E-state index is 0.0926. The van der Waals surface area contributed by atoms with E-state index in [1.807, 2.05) is 30.3 Å². The molecule has 1 unspecified atom stereocenters. The highest BCUT2D eigenvalue weighted by Gasteiger charge is 2.38. The van der Waals surface area contributed by atoms with Crippen molar-refractivity contribution in [3.8, 4) is 5.75 Å². The summed E-state index contributed by atoms with van der Waals surface area (Å²) in [4.78, 5) is 12.0. The van der Waals surface area contributed by atoms with Crippen LogP contribution in [0.1, 0.15) is 25.7 Å². The summed E-state index contributed by atoms with van der Waals surface area (Å²) in [5.74, 6) is 1.15. The molecule has 2 aliphatic rings. The zero-order valence-electron chi connectivity index (χ0n) is 10.9. The Labute approximate surface area is 113 Å². The number of nitrogens with zero attached hydrogens (tertiary/aromatic N) is 2. The molecule has 100 valence electrons. The number of hydrogen-bond acceptors (Lipinski definition) is 3. The van der Waals surface area contributed by atoms with E-state index in [1.54, 1.807) is 5.01 Å². The van der Waals surface area contributed by atoms with E-state index in [4.69, 9.17) is 4.74 Å². The Bertz CT molecular complexity index is 484. The van der Waals surface area contributed by atoms with Crippen LogP contribution in [0, 0.1) is 5.92 Å². The molecule has 1 aromatic carbocycles. The van der Waals surface area contributed by atoms with Crippen molar-refractivity contribution in [1.82, 2.24) is 5.01 Å². The van der Waals surface area contributed by atoms with Gasteiger partial charge in [0, 0.05) is 13.0 Å². The van der Waals surface area contributed by atoms with Crippen molar-refractivity contribution in [1.29, 1.82) is 0 Å². The van der Waals surface area contributed by atoms with Gasteiger partial charge < -0.3 is 4.74 Å². The van der Waals surface area contributed by atoms with Crippen molar-refractivity contribution in [2.45, 2.75) is 25.7 Å². The normalized spacial score (nSPS) is 21.5. The van der Waals surface area contributed by atoms with Gasteiger partial charge in [-0.2, -0.15) is 5.10 Å². The van der Waals surface area contributed by atoms with Crippen LogP contribution in [0.2, 0.25) is 0 Å². The summed E-state index contributed by atoms with van der Waals surface area (Å²) >= 11 is 0. The second kappa shape index (κ2) is 5.43. The predicted octanol–water partition coefficient (Wildman–Crippen LogP) is 2.45. The molecular weight excluding hydrogens is 240 g/mol. The molecule has 1 aliphatic carbocycles. The van der Waals surface area contributed by atoms with E-state index in [9.17, 15) is 4.79 Å². The molecule has 1 saturated carbocycles. The van der Waals surface area contributed by atoms with Gasteiger partial charge in [-0.05, 0) is 31.4 Å². The Morgan fingerprint density at radius 3 is 2.95 bits per heavy atom. The zero-order chi connectivity index (χ0) is 13.1. The molecule has 1 aliphatic heterocycles. The van der Waals surface area contributed by atoms with E-state index in [0.717, 1.165) is 37.1 Å². The number of para-hydroxylation sites is 1. The van der Waals surface area contributed by atoms with Gasteiger partial charge in [0.2, 0.25) is 0 Å². The van der Waals surface area contributed by atoms with Crippen LogP contribution in [0.5, 0.6) is 5.75 Å². The van der Waals surface area contributed by atoms with Crippen LogP contribution in [-0.2, 0) is 4.79 Å². The molecule has 0 N–H and O–H groups in total. The van der Waals surface area contributed by atoms with Crippen LogP contribution in [0.3, 0.4) is 0 Å². The number of rotatable bonds is 5. The number of amides is 1. The van der Waals surface area contributed by atoms with Crippen molar-refractivity contribution < 1.29 is 9.53 Å². The van der Waals surface area contributed by atoms with Gasteiger partial charge in [0.05, 0.1) is 18.2 Å². The maximum Gasteiger partial charge on any atom is 0.251 e. The molecule has 3 rings (SSSR count). The third kappa shape index (κ3) is 2.62. The van der Waals surface area contributed by atoms with Crippen LogP contribution in [-0.4, -0.2) is 29.8 Å². The molecule has 0 bridgehead atoms. The Morgan fingerprint density at radius 1 is 1.32 bits per heavy atom. The summed E-state index contributed by atoms with van der Waals surface area (Å²) in [6, 6.07) is 9.74. The molecule has 4 nitrogen and oxygen atoms in total. The van der Waals surface area contributed by atoms with Crippen LogP contribution >= 0.6 is 0 Å². The first-order valence-electron chi connectivity index (χ1n) is 6.91. The fourth-order valence-electron chi connectivity index (χ4n) is 2.68. The average molecular weight is 258 g/mol. The number of carbonyl (C=O) groups excluding carboxylic acids is 1. The fourth-order valence-corrected chi connectivity index (χ4v) is 2.68. The molecule has 1 atom stereocenters. The highest BCUT2D eigenvalue weighted by molar-refractivity contribution is 6.09. The van der Waals surface area contributed by atoms with Crippen molar-refractivity contribution in [2.75, 3.05) is 13.2 Å². The van der Waals surface area contributed by atoms with Gasteiger partial charge >= 0.3 is 0 Å². The van der Waals surface area contributed by atoms with Crippen molar-refractivity contribution in [3.63, 3.8) is 0 Å². The first-order valence-corrected chi connectivity index (χ1v) is 6.91. The molecule has 0 aromatic heterocycles. The van der Waals surface area contributed by atoms with Crippen LogP contribution in [0.4, 0.5) is 0 Å². The summed E-state index contributed by atoms with van der Waals surface area (Å²) in [5, 5.41) is 6.05. The molecule has 1 amide bonds. The van der Waals surface area contributed by atoms with E-state index in [2.05, 4.69) is 5.10 Å². The van der Waals surface area contributed by atoms with Crippen molar-refractivity contribution in [2.24, 2.45) is 11.0 Å². The monoisotopic (exact) mass is 258 g/mol. The summed E-state index contributed by atoms with van der Waals surface area (Å²) < 4.78 is 5.61. The summed E-state index contributed by atoms with van der Waals surface area (Å²) in [6.45, 7) is 1.27. The van der Waals surface area contributed by atoms with Gasteiger partial charge in [0.1, 0.15) is 5.75 Å². The lowest BCUT2D eigenvalue weighted by Gasteiger charge is -2.13. The molecule has 19 heavy (non-hydrogen) atoms. The SMILES string of the molecule is O=C1C2CCCC2=NN1CCCOc1ccccc1. The molecule has 0 saturated heterocycles. The van der Waals surface area contributed by atoms with Crippen LogP contribution in [0.25, 0.3) is 0 Å². The number of benzene rings is 1. The second-order valence-electron chi connectivity index (χ2n) is 5.01. The number of ether oxygens (including phenoxy) is 1. The number of hydrogen-bond donors (Lipinski definition) is 0. The zero-order valence-corrected chi connectivity index (χ0v) is 10.9. The molecule has 0 spiro atoms. The maximum absolute atomic E-state index is 12.0. The van der Waals surface area contributed by atoms with Crippen molar-refractivity contribution >= 4 is 11.6 Å². The largest absolute Gasteiger partial charge is 0.494 e. The van der Waals surface area contributed by atoms with Gasteiger partial charge in [0.25, 0.3) is 5.91 Å². The Kier molecular flexibility index (Phi) is 3.49. The molecule has 1 fully saturated rings. The lowest BCUT2D eigenvalue weighted by Crippen LogP contribution is -2.27. The van der Waals surface area contributed by atoms with E-state index >= 15 is 0 Å². The minimum Gasteiger partial charge on any atom is -0.494 e. The lowest BCUT2D eigenvalue weighted by molar-refractivity contribution is -0.131. The molecule has 1 heterocycles. The van der Waals surface area contributed by atoms with Crippen molar-refractivity contribution in [3.05, 3.63) is 30.3 Å². The lowest BCUT2D eigenvalue weighted by atomic mass is 10.1. The van der Waals surface area contributed by atoms with E-state index in [0.29, 0.717) is 13.2 Å². The average Bonchev–Trinajstić information content (AvgIpc) is 3.00. The highest BCUT2D eigenvalue weighted by atomic mass is 16.5. The molecule has 4 heteroatoms. The summed E-state index contributed by atoms with van der Waals surface area (Å²) in [5.41, 5.74) is 1.09. The fraction of sp³-hybridized carbons (Fsp3) is 0.467. The Balaban J connectivity index is 1.44. The third-order valence-corrected chi connectivity index (χ3v) is 3.66. The number of hydrazone groups is 1.